The van der Waals surface area contributed by atoms with E-state index in [1.54, 1.807) is 13.0 Å². The number of fused-ring (bicyclic) bond motifs is 2. The maximum Gasteiger partial charge on any atom is 0.302 e. The van der Waals surface area contributed by atoms with Crippen molar-refractivity contribution in [1.29, 1.82) is 0 Å². The summed E-state index contributed by atoms with van der Waals surface area (Å²) in [5.74, 6) is 7.03. The standard InChI is InChI=1S/C50H54N4O7/c1-31-8-5-11-39-12-6-9-35-20-34-15-18-52-48(21-34)54(19-16-32(2)55)44-13-7-10-36-29-53(30-43(36)44)45(37-22-46(58)49(59)47(23-37)60-4)25-40(57)24-41(61-33(3)56)14-17-50(31,39)26-38-27-51-28-42(35)38/h5,7-8,10-11,13,15,21-23,27-31,35,41,45,51-52,58-59H,12,14,16-20,24-26H2,1-4H3. The molecular weight excluding hydrogens is 769 g/mol. The summed E-state index contributed by atoms with van der Waals surface area (Å²) >= 11 is 0. The van der Waals surface area contributed by atoms with Crippen LogP contribution in [0.25, 0.3) is 10.8 Å². The molecular formula is C50H54N4O7. The van der Waals surface area contributed by atoms with Crippen molar-refractivity contribution in [2.24, 2.45) is 11.3 Å². The van der Waals surface area contributed by atoms with E-state index in [1.807, 2.05) is 35.2 Å². The van der Waals surface area contributed by atoms with Gasteiger partial charge in [-0.05, 0) is 85.1 Å². The van der Waals surface area contributed by atoms with Crippen molar-refractivity contribution in [3.8, 4) is 29.1 Å². The molecule has 0 amide bonds. The highest BCUT2D eigenvalue weighted by Crippen LogP contribution is 2.50. The number of hydrogen-bond donors (Lipinski definition) is 4. The first kappa shape index (κ1) is 41.3. The molecule has 2 aromatic carbocycles. The lowest BCUT2D eigenvalue weighted by Crippen LogP contribution is -2.36. The molecule has 61 heavy (non-hydrogen) atoms. The maximum absolute atomic E-state index is 14.5. The molecule has 1 spiro atoms. The fraction of sp³-hybridized carbons (Fsp3) is 0.380. The Morgan fingerprint density at radius 3 is 2.74 bits per heavy atom. The first-order valence-electron chi connectivity index (χ1n) is 21.2. The minimum atomic E-state index is -0.676. The molecule has 8 rings (SSSR count). The van der Waals surface area contributed by atoms with Gasteiger partial charge in [-0.15, -0.1) is 0 Å². The van der Waals surface area contributed by atoms with E-state index < -0.39 is 23.9 Å². The van der Waals surface area contributed by atoms with E-state index in [2.05, 4.69) is 76.7 Å². The maximum atomic E-state index is 14.5. The Morgan fingerprint density at radius 1 is 1.08 bits per heavy atom. The number of H-pyrrole nitrogens is 1. The summed E-state index contributed by atoms with van der Waals surface area (Å²) in [6, 6.07) is 8.49. The lowest BCUT2D eigenvalue weighted by atomic mass is 9.61. The second-order valence-electron chi connectivity index (χ2n) is 17.0. The summed E-state index contributed by atoms with van der Waals surface area (Å²) < 4.78 is 13.4. The van der Waals surface area contributed by atoms with Crippen LogP contribution in [0.15, 0.2) is 102 Å². The molecule has 0 fully saturated rings. The Bertz CT molecular complexity index is 2560. The Balaban J connectivity index is 1.30. The van der Waals surface area contributed by atoms with Crippen molar-refractivity contribution in [2.45, 2.75) is 90.2 Å². The molecule has 2 aliphatic carbocycles. The van der Waals surface area contributed by atoms with Crippen LogP contribution in [-0.2, 0) is 25.5 Å². The number of nitrogens with zero attached hydrogens (tertiary/aromatic N) is 2. The fourth-order valence-corrected chi connectivity index (χ4v) is 9.82. The molecule has 11 nitrogen and oxygen atoms in total. The van der Waals surface area contributed by atoms with Gasteiger partial charge in [0.05, 0.1) is 24.8 Å². The van der Waals surface area contributed by atoms with Crippen molar-refractivity contribution in [2.75, 3.05) is 25.1 Å². The third-order valence-corrected chi connectivity index (χ3v) is 13.0. The highest BCUT2D eigenvalue weighted by atomic mass is 16.5. The average Bonchev–Trinajstić information content (AvgIpc) is 3.89. The molecule has 5 unspecified atom stereocenters. The molecule has 6 bridgehead atoms. The molecule has 316 valence electrons. The number of phenols is 2. The highest BCUT2D eigenvalue weighted by molar-refractivity contribution is 5.95. The molecule has 0 saturated carbocycles. The number of phenolic OH excluding ortho intramolecular Hbond substituents is 2. The number of benzene rings is 2. The monoisotopic (exact) mass is 822 g/mol. The molecule has 0 saturated heterocycles. The van der Waals surface area contributed by atoms with E-state index in [-0.39, 0.29) is 53.2 Å². The van der Waals surface area contributed by atoms with E-state index in [0.29, 0.717) is 50.8 Å². The summed E-state index contributed by atoms with van der Waals surface area (Å²) in [4.78, 5) is 45.3. The van der Waals surface area contributed by atoms with Crippen molar-refractivity contribution >= 4 is 34.0 Å². The van der Waals surface area contributed by atoms with Crippen LogP contribution in [0.4, 0.5) is 5.69 Å². The van der Waals surface area contributed by atoms with E-state index in [9.17, 15) is 24.6 Å². The van der Waals surface area contributed by atoms with Crippen LogP contribution in [0.1, 0.15) is 94.4 Å². The number of methoxy groups -OCH3 is 1. The molecule has 4 N–H and O–H groups in total. The zero-order valence-electron chi connectivity index (χ0n) is 35.3. The third kappa shape index (κ3) is 8.49. The van der Waals surface area contributed by atoms with Crippen molar-refractivity contribution in [3.63, 3.8) is 0 Å². The topological polar surface area (TPSA) is 146 Å². The Morgan fingerprint density at radius 2 is 1.93 bits per heavy atom. The normalized spacial score (nSPS) is 24.0. The smallest absolute Gasteiger partial charge is 0.302 e. The lowest BCUT2D eigenvalue weighted by molar-refractivity contribution is -0.148. The van der Waals surface area contributed by atoms with Crippen LogP contribution >= 0.6 is 0 Å². The number of anilines is 1. The predicted molar refractivity (Wildman–Crippen MR) is 235 cm³/mol. The van der Waals surface area contributed by atoms with Crippen LogP contribution in [-0.4, -0.2) is 63.6 Å². The quantitative estimate of drug-likeness (QED) is 0.0855. The van der Waals surface area contributed by atoms with Gasteiger partial charge in [-0.3, -0.25) is 14.4 Å². The summed E-state index contributed by atoms with van der Waals surface area (Å²) in [5.41, 5.74) is 5.85. The number of aromatic hydroxyl groups is 2. The second kappa shape index (κ2) is 17.3. The first-order chi connectivity index (χ1) is 29.4. The summed E-state index contributed by atoms with van der Waals surface area (Å²) in [6.07, 6.45) is 22.0. The van der Waals surface area contributed by atoms with E-state index in [1.165, 1.54) is 36.8 Å². The summed E-state index contributed by atoms with van der Waals surface area (Å²) in [5, 5.41) is 26.9. The Hall–Kier alpha value is -6.41. The minimum Gasteiger partial charge on any atom is -0.504 e. The number of Topliss-reactive ketones (excluding diaryl/α,β-unsaturated/α-hetero) is 2. The molecule has 2 aliphatic heterocycles. The number of hydrogen-bond acceptors (Lipinski definition) is 9. The van der Waals surface area contributed by atoms with Crippen LogP contribution in [0.2, 0.25) is 0 Å². The molecule has 0 radical (unpaired) electrons. The van der Waals surface area contributed by atoms with Gasteiger partial charge < -0.3 is 39.5 Å². The van der Waals surface area contributed by atoms with E-state index >= 15 is 0 Å². The van der Waals surface area contributed by atoms with Gasteiger partial charge in [0.15, 0.2) is 11.5 Å². The van der Waals surface area contributed by atoms with Gasteiger partial charge in [-0.2, -0.15) is 0 Å². The zero-order chi connectivity index (χ0) is 42.8. The number of carbonyl (C=O) groups is 3. The molecule has 4 heterocycles. The fourth-order valence-electron chi connectivity index (χ4n) is 9.82. The van der Waals surface area contributed by atoms with Gasteiger partial charge in [0.25, 0.3) is 0 Å². The molecule has 2 aromatic heterocycles. The van der Waals surface area contributed by atoms with Crippen LogP contribution < -0.4 is 15.0 Å². The van der Waals surface area contributed by atoms with Gasteiger partial charge in [-0.25, -0.2) is 0 Å². The van der Waals surface area contributed by atoms with Gasteiger partial charge >= 0.3 is 5.97 Å². The van der Waals surface area contributed by atoms with Crippen LogP contribution in [0.3, 0.4) is 0 Å². The minimum absolute atomic E-state index is 0.00447. The van der Waals surface area contributed by atoms with Gasteiger partial charge in [0.1, 0.15) is 23.5 Å². The number of aromatic nitrogens is 2. The summed E-state index contributed by atoms with van der Waals surface area (Å²) in [6.45, 7) is 6.27. The third-order valence-electron chi connectivity index (χ3n) is 13.0. The van der Waals surface area contributed by atoms with E-state index in [4.69, 9.17) is 9.47 Å². The molecule has 5 atom stereocenters. The van der Waals surface area contributed by atoms with Crippen LogP contribution in [0, 0.1) is 23.2 Å². The molecule has 4 aliphatic rings. The average molecular weight is 823 g/mol. The number of aromatic amines is 1. The number of esters is 1. The first-order valence-corrected chi connectivity index (χ1v) is 21.2. The van der Waals surface area contributed by atoms with Gasteiger partial charge in [-0.1, -0.05) is 60.8 Å². The predicted octanol–water partition coefficient (Wildman–Crippen LogP) is 8.45. The molecule has 4 aromatic rings. The number of carbonyl (C=O) groups excluding carboxylic acids is 3. The van der Waals surface area contributed by atoms with Crippen molar-refractivity contribution < 1.29 is 34.1 Å². The SMILES string of the molecule is COc1cc(C2CC(=O)CC(OC(C)=O)CCC34Cc5c[nH]cc5C(C#CCC3=CC=CC4C)CC3=CCNC(=C3)N(CCC(C)=O)c3cccc4cn2cc34)cc(O)c1O. The lowest BCUT2D eigenvalue weighted by Gasteiger charge is -2.43. The molecule has 11 heteroatoms. The number of rotatable bonds is 6. The number of ketones is 2. The second-order valence-corrected chi connectivity index (χ2v) is 17.0. The van der Waals surface area contributed by atoms with Crippen molar-refractivity contribution in [3.05, 3.63) is 119 Å². The Kier molecular flexibility index (Phi) is 11.7. The highest BCUT2D eigenvalue weighted by Gasteiger charge is 2.42. The van der Waals surface area contributed by atoms with Crippen molar-refractivity contribution in [1.82, 2.24) is 14.9 Å². The van der Waals surface area contributed by atoms with E-state index in [0.717, 1.165) is 34.3 Å². The zero-order valence-corrected chi connectivity index (χ0v) is 35.3. The number of nitrogens with one attached hydrogen (secondary N) is 2. The Labute approximate surface area is 356 Å². The van der Waals surface area contributed by atoms with Gasteiger partial charge in [0, 0.05) is 86.7 Å². The van der Waals surface area contributed by atoms with Crippen LogP contribution in [0.5, 0.6) is 17.2 Å². The summed E-state index contributed by atoms with van der Waals surface area (Å²) in [7, 11) is 1.41. The largest absolute Gasteiger partial charge is 0.504 e. The number of ether oxygens (including phenoxy) is 2. The van der Waals surface area contributed by atoms with Gasteiger partial charge in [0.2, 0.25) is 5.75 Å². The number of allylic oxidation sites excluding steroid dienone is 6. The number of dihydropyridines is 1.